The Morgan fingerprint density at radius 2 is 2.40 bits per heavy atom. The van der Waals surface area contributed by atoms with Crippen molar-refractivity contribution in [1.29, 1.82) is 0 Å². The predicted molar refractivity (Wildman–Crippen MR) is 41.1 cm³/mol. The summed E-state index contributed by atoms with van der Waals surface area (Å²) in [5, 5.41) is 3.59. The predicted octanol–water partition coefficient (Wildman–Crippen LogP) is 1.85. The number of hydrogen-bond donors (Lipinski definition) is 0. The van der Waals surface area contributed by atoms with Gasteiger partial charge in [-0.3, -0.25) is 4.79 Å². The van der Waals surface area contributed by atoms with Crippen molar-refractivity contribution in [3.63, 3.8) is 0 Å². The van der Waals surface area contributed by atoms with Crippen LogP contribution in [0.25, 0.3) is 0 Å². The molecule has 6 heteroatoms. The molecule has 0 saturated carbocycles. The smallest absolute Gasteiger partial charge is 0.255 e. The molecular formula is C4H4BrFN2OS. The summed E-state index contributed by atoms with van der Waals surface area (Å²) >= 11 is 2.90. The van der Waals surface area contributed by atoms with Gasteiger partial charge in [-0.1, -0.05) is 0 Å². The first-order valence-electron chi connectivity index (χ1n) is 2.58. The van der Waals surface area contributed by atoms with Gasteiger partial charge in [0.25, 0.3) is 5.91 Å². The van der Waals surface area contributed by atoms with E-state index in [2.05, 4.69) is 21.0 Å². The molecule has 0 N–H and O–H groups in total. The van der Waals surface area contributed by atoms with Crippen molar-refractivity contribution in [2.45, 2.75) is 12.8 Å². The first kappa shape index (κ1) is 8.00. The summed E-state index contributed by atoms with van der Waals surface area (Å²) < 4.78 is 13.1. The Labute approximate surface area is 70.2 Å². The van der Waals surface area contributed by atoms with Gasteiger partial charge in [-0.05, 0) is 15.9 Å². The summed E-state index contributed by atoms with van der Waals surface area (Å²) in [5.41, 5.74) is 0. The van der Waals surface area contributed by atoms with Crippen LogP contribution in [-0.2, 0) is 4.79 Å². The number of hydrazone groups is 1. The molecule has 0 aliphatic carbocycles. The Morgan fingerprint density at radius 3 is 2.90 bits per heavy atom. The number of amides is 1. The summed E-state index contributed by atoms with van der Waals surface area (Å²) in [7, 11) is 0. The van der Waals surface area contributed by atoms with E-state index in [4.69, 9.17) is 0 Å². The maximum Gasteiger partial charge on any atom is 0.255 e. The zero-order valence-electron chi connectivity index (χ0n) is 4.88. The minimum absolute atomic E-state index is 0.176. The van der Waals surface area contributed by atoms with Crippen LogP contribution in [-0.4, -0.2) is 14.9 Å². The van der Waals surface area contributed by atoms with Crippen LogP contribution in [0.2, 0.25) is 0 Å². The zero-order chi connectivity index (χ0) is 7.56. The van der Waals surface area contributed by atoms with Gasteiger partial charge in [0.15, 0.2) is 12.3 Å². The molecule has 0 atom stereocenters. The molecule has 1 rings (SSSR count). The number of nitrogens with zero attached hydrogens (tertiary/aromatic N) is 2. The van der Waals surface area contributed by atoms with Gasteiger partial charge in [-0.25, -0.2) is 0 Å². The molecule has 1 aliphatic rings. The molecule has 0 radical (unpaired) electrons. The molecule has 56 valence electrons. The molecular weight excluding hydrogens is 223 g/mol. The summed E-state index contributed by atoms with van der Waals surface area (Å²) in [6.07, 6.45) is 0.886. The molecule has 1 amide bonds. The molecule has 0 unspecified atom stereocenters. The van der Waals surface area contributed by atoms with Crippen LogP contribution in [0.3, 0.4) is 0 Å². The number of carbonyl (C=O) groups is 1. The normalized spacial score (nSPS) is 19.2. The van der Waals surface area contributed by atoms with E-state index in [0.717, 1.165) is 4.41 Å². The number of carbonyl (C=O) groups excluding carboxylic acids is 1. The molecule has 0 aromatic carbocycles. The number of halogens is 2. The largest absolute Gasteiger partial charge is 0.272 e. The van der Waals surface area contributed by atoms with E-state index in [0.29, 0.717) is 17.5 Å². The van der Waals surface area contributed by atoms with Gasteiger partial charge < -0.3 is 0 Å². The van der Waals surface area contributed by atoms with Crippen molar-refractivity contribution in [1.82, 2.24) is 4.41 Å². The number of rotatable bonds is 1. The monoisotopic (exact) mass is 226 g/mol. The fourth-order valence-electron chi connectivity index (χ4n) is 0.564. The van der Waals surface area contributed by atoms with E-state index < -0.39 is 0 Å². The fourth-order valence-corrected chi connectivity index (χ4v) is 1.32. The lowest BCUT2D eigenvalue weighted by Crippen LogP contribution is -2.23. The zero-order valence-corrected chi connectivity index (χ0v) is 7.28. The second-order valence-electron chi connectivity index (χ2n) is 1.71. The van der Waals surface area contributed by atoms with Crippen LogP contribution in [0.4, 0.5) is 3.89 Å². The van der Waals surface area contributed by atoms with Gasteiger partial charge in [0, 0.05) is 12.8 Å². The standard InChI is InChI=1S/C4H4BrFN2OS/c5-3-1-2-4(9)8(7-3)10-6/h1-2H2. The van der Waals surface area contributed by atoms with Gasteiger partial charge in [-0.15, -0.1) is 8.30 Å². The second kappa shape index (κ2) is 3.34. The minimum Gasteiger partial charge on any atom is -0.272 e. The Balaban J connectivity index is 2.68. The highest BCUT2D eigenvalue weighted by Crippen LogP contribution is 2.20. The van der Waals surface area contributed by atoms with Crippen LogP contribution in [0.15, 0.2) is 5.10 Å². The Bertz CT molecular complexity index is 186. The van der Waals surface area contributed by atoms with E-state index in [1.165, 1.54) is 0 Å². The summed E-state index contributed by atoms with van der Waals surface area (Å²) in [6, 6.07) is 0. The summed E-state index contributed by atoms with van der Waals surface area (Å²) in [6.45, 7) is 0. The van der Waals surface area contributed by atoms with Crippen molar-refractivity contribution < 1.29 is 8.68 Å². The van der Waals surface area contributed by atoms with E-state index in [-0.39, 0.29) is 18.2 Å². The van der Waals surface area contributed by atoms with Gasteiger partial charge in [0.2, 0.25) is 0 Å². The van der Waals surface area contributed by atoms with E-state index in [9.17, 15) is 8.68 Å². The molecule has 0 bridgehead atoms. The maximum atomic E-state index is 11.8. The minimum atomic E-state index is -0.296. The molecule has 10 heavy (non-hydrogen) atoms. The highest BCUT2D eigenvalue weighted by atomic mass is 79.9. The van der Waals surface area contributed by atoms with Crippen molar-refractivity contribution in [3.8, 4) is 0 Å². The topological polar surface area (TPSA) is 32.7 Å². The van der Waals surface area contributed by atoms with Gasteiger partial charge >= 0.3 is 0 Å². The Hall–Kier alpha value is -0.100. The van der Waals surface area contributed by atoms with Crippen LogP contribution in [0.1, 0.15) is 12.8 Å². The third-order valence-electron chi connectivity index (χ3n) is 1.02. The molecule has 0 aromatic heterocycles. The quantitative estimate of drug-likeness (QED) is 0.640. The highest BCUT2D eigenvalue weighted by molar-refractivity contribution is 9.18. The average Bonchev–Trinajstić information content (AvgIpc) is 1.94. The Kier molecular flexibility index (Phi) is 2.67. The van der Waals surface area contributed by atoms with E-state index in [1.54, 1.807) is 0 Å². The van der Waals surface area contributed by atoms with Crippen LogP contribution in [0, 0.1) is 0 Å². The second-order valence-corrected chi connectivity index (χ2v) is 3.11. The summed E-state index contributed by atoms with van der Waals surface area (Å²) in [5.74, 6) is -0.296. The molecule has 1 aliphatic heterocycles. The third kappa shape index (κ3) is 1.69. The first-order valence-corrected chi connectivity index (χ1v) is 4.05. The van der Waals surface area contributed by atoms with Crippen molar-refractivity contribution in [2.24, 2.45) is 5.10 Å². The lowest BCUT2D eigenvalue weighted by Gasteiger charge is -2.14. The van der Waals surface area contributed by atoms with Gasteiger partial charge in [0.1, 0.15) is 4.62 Å². The van der Waals surface area contributed by atoms with Crippen LogP contribution >= 0.6 is 28.3 Å². The van der Waals surface area contributed by atoms with E-state index in [1.807, 2.05) is 0 Å². The average molecular weight is 227 g/mol. The highest BCUT2D eigenvalue weighted by Gasteiger charge is 2.19. The van der Waals surface area contributed by atoms with Gasteiger partial charge in [0.05, 0.1) is 0 Å². The lowest BCUT2D eigenvalue weighted by atomic mass is 10.3. The van der Waals surface area contributed by atoms with Crippen molar-refractivity contribution >= 4 is 38.8 Å². The SMILES string of the molecule is O=C1CCC(Br)=NN1SF. The van der Waals surface area contributed by atoms with E-state index >= 15 is 0 Å². The molecule has 3 nitrogen and oxygen atoms in total. The van der Waals surface area contributed by atoms with Crippen LogP contribution in [0.5, 0.6) is 0 Å². The van der Waals surface area contributed by atoms with Gasteiger partial charge in [-0.2, -0.15) is 5.10 Å². The molecule has 1 heterocycles. The number of hydrogen-bond acceptors (Lipinski definition) is 3. The molecule has 0 saturated heterocycles. The lowest BCUT2D eigenvalue weighted by molar-refractivity contribution is -0.126. The fraction of sp³-hybridized carbons (Fsp3) is 0.500. The maximum absolute atomic E-state index is 11.8. The molecule has 0 fully saturated rings. The van der Waals surface area contributed by atoms with Crippen molar-refractivity contribution in [2.75, 3.05) is 0 Å². The summed E-state index contributed by atoms with van der Waals surface area (Å²) in [4.78, 5) is 10.7. The molecule has 0 aromatic rings. The molecule has 0 spiro atoms. The van der Waals surface area contributed by atoms with Crippen LogP contribution < -0.4 is 0 Å². The van der Waals surface area contributed by atoms with Crippen molar-refractivity contribution in [3.05, 3.63) is 0 Å². The Morgan fingerprint density at radius 1 is 1.70 bits per heavy atom. The third-order valence-corrected chi connectivity index (χ3v) is 1.99. The first-order chi connectivity index (χ1) is 4.74.